The Hall–Kier alpha value is -2.05. The van der Waals surface area contributed by atoms with Crippen LogP contribution < -0.4 is 4.90 Å². The van der Waals surface area contributed by atoms with Crippen LogP contribution in [0.3, 0.4) is 0 Å². The zero-order valence-corrected chi connectivity index (χ0v) is 16.2. The summed E-state index contributed by atoms with van der Waals surface area (Å²) in [5, 5.41) is 0. The normalized spacial score (nSPS) is 23.4. The average molecular weight is 369 g/mol. The van der Waals surface area contributed by atoms with E-state index in [1.807, 2.05) is 43.5 Å². The van der Waals surface area contributed by atoms with Crippen LogP contribution in [0, 0.1) is 11.7 Å². The molecule has 5 rings (SSSR count). The lowest BCUT2D eigenvalue weighted by molar-refractivity contribution is 0.123. The van der Waals surface area contributed by atoms with Crippen LogP contribution in [0.1, 0.15) is 24.0 Å². The number of anilines is 1. The topological polar surface area (TPSA) is 35.5 Å². The monoisotopic (exact) mass is 369 g/mol. The van der Waals surface area contributed by atoms with Crippen LogP contribution in [-0.4, -0.2) is 59.5 Å². The molecule has 2 bridgehead atoms. The van der Waals surface area contributed by atoms with Crippen molar-refractivity contribution in [3.8, 4) is 0 Å². The van der Waals surface area contributed by atoms with Crippen LogP contribution in [0.15, 0.2) is 36.7 Å². The van der Waals surface area contributed by atoms with E-state index in [4.69, 9.17) is 0 Å². The molecule has 0 spiro atoms. The van der Waals surface area contributed by atoms with Crippen LogP contribution in [-0.2, 0) is 13.1 Å². The molecule has 3 aliphatic rings. The van der Waals surface area contributed by atoms with Crippen LogP contribution in [0.2, 0.25) is 0 Å². The highest BCUT2D eigenvalue weighted by molar-refractivity contribution is 5.26. The van der Waals surface area contributed by atoms with E-state index in [2.05, 4.69) is 19.8 Å². The van der Waals surface area contributed by atoms with Crippen molar-refractivity contribution in [2.75, 3.05) is 38.6 Å². The second kappa shape index (κ2) is 7.90. The minimum atomic E-state index is -0.164. The predicted molar refractivity (Wildman–Crippen MR) is 105 cm³/mol. The van der Waals surface area contributed by atoms with E-state index in [0.717, 1.165) is 38.7 Å². The molecule has 2 aromatic rings. The Morgan fingerprint density at radius 2 is 1.70 bits per heavy atom. The minimum Gasteiger partial charge on any atom is -0.347 e. The molecular weight excluding hydrogens is 341 g/mol. The minimum absolute atomic E-state index is 0.164. The van der Waals surface area contributed by atoms with Crippen molar-refractivity contribution in [1.82, 2.24) is 19.8 Å². The smallest absolute Gasteiger partial charge is 0.224 e. The number of hydrogen-bond donors (Lipinski definition) is 0. The Bertz CT molecular complexity index is 746. The van der Waals surface area contributed by atoms with Crippen molar-refractivity contribution in [1.29, 1.82) is 0 Å². The number of halogens is 1. The average Bonchev–Trinajstić information content (AvgIpc) is 2.95. The SMILES string of the molecule is CN(C)c1ncc(CN2CC3CCC2CN(Cc2ccc(F)cc2)C3)cn1. The van der Waals surface area contributed by atoms with Crippen LogP contribution in [0.4, 0.5) is 10.3 Å². The lowest BCUT2D eigenvalue weighted by atomic mass is 9.95. The fraction of sp³-hybridized carbons (Fsp3) is 0.524. The van der Waals surface area contributed by atoms with E-state index in [0.29, 0.717) is 12.0 Å². The van der Waals surface area contributed by atoms with Gasteiger partial charge in [0.2, 0.25) is 5.95 Å². The summed E-state index contributed by atoms with van der Waals surface area (Å²) in [5.74, 6) is 1.29. The molecule has 1 aromatic heterocycles. The maximum Gasteiger partial charge on any atom is 0.224 e. The summed E-state index contributed by atoms with van der Waals surface area (Å²) in [4.78, 5) is 16.0. The molecule has 5 nitrogen and oxygen atoms in total. The number of benzene rings is 1. The first kappa shape index (κ1) is 18.3. The first-order valence-corrected chi connectivity index (χ1v) is 9.76. The quantitative estimate of drug-likeness (QED) is 0.810. The zero-order chi connectivity index (χ0) is 18.8. The summed E-state index contributed by atoms with van der Waals surface area (Å²) in [5.41, 5.74) is 2.37. The molecule has 3 aliphatic heterocycles. The third-order valence-electron chi connectivity index (χ3n) is 5.70. The fourth-order valence-electron chi connectivity index (χ4n) is 4.34. The summed E-state index contributed by atoms with van der Waals surface area (Å²) in [7, 11) is 3.91. The van der Waals surface area contributed by atoms with Crippen molar-refractivity contribution >= 4 is 5.95 Å². The van der Waals surface area contributed by atoms with Crippen molar-refractivity contribution in [2.24, 2.45) is 5.92 Å². The lowest BCUT2D eigenvalue weighted by Crippen LogP contribution is -2.43. The van der Waals surface area contributed by atoms with Gasteiger partial charge in [0.25, 0.3) is 0 Å². The Morgan fingerprint density at radius 3 is 2.41 bits per heavy atom. The summed E-state index contributed by atoms with van der Waals surface area (Å²) in [6, 6.07) is 7.50. The number of nitrogens with zero attached hydrogens (tertiary/aromatic N) is 5. The van der Waals surface area contributed by atoms with Crippen molar-refractivity contribution < 1.29 is 4.39 Å². The molecule has 0 amide bonds. The molecule has 3 saturated heterocycles. The van der Waals surface area contributed by atoms with Gasteiger partial charge >= 0.3 is 0 Å². The van der Waals surface area contributed by atoms with Gasteiger partial charge < -0.3 is 4.90 Å². The molecule has 6 heteroatoms. The van der Waals surface area contributed by atoms with Gasteiger partial charge in [-0.3, -0.25) is 9.80 Å². The first-order valence-electron chi connectivity index (χ1n) is 9.76. The second-order valence-electron chi connectivity index (χ2n) is 8.13. The molecule has 2 atom stereocenters. The third-order valence-corrected chi connectivity index (χ3v) is 5.70. The maximum absolute atomic E-state index is 13.2. The number of hydrogen-bond acceptors (Lipinski definition) is 5. The number of rotatable bonds is 5. The van der Waals surface area contributed by atoms with Crippen molar-refractivity contribution in [3.05, 3.63) is 53.6 Å². The number of piperidine rings is 1. The van der Waals surface area contributed by atoms with Gasteiger partial charge in [-0.15, -0.1) is 0 Å². The van der Waals surface area contributed by atoms with Crippen molar-refractivity contribution in [2.45, 2.75) is 32.0 Å². The zero-order valence-electron chi connectivity index (χ0n) is 16.2. The van der Waals surface area contributed by atoms with E-state index in [-0.39, 0.29) is 5.82 Å². The van der Waals surface area contributed by atoms with E-state index in [1.54, 1.807) is 12.1 Å². The summed E-state index contributed by atoms with van der Waals surface area (Å²) < 4.78 is 13.2. The molecule has 27 heavy (non-hydrogen) atoms. The Balaban J connectivity index is 1.41. The highest BCUT2D eigenvalue weighted by Crippen LogP contribution is 2.30. The Kier molecular flexibility index (Phi) is 5.36. The van der Waals surface area contributed by atoms with Gasteiger partial charge in [0.1, 0.15) is 5.82 Å². The molecule has 0 saturated carbocycles. The Labute approximate surface area is 160 Å². The molecule has 3 fully saturated rings. The van der Waals surface area contributed by atoms with Gasteiger partial charge in [-0.2, -0.15) is 0 Å². The van der Waals surface area contributed by atoms with Crippen molar-refractivity contribution in [3.63, 3.8) is 0 Å². The molecule has 4 heterocycles. The van der Waals surface area contributed by atoms with E-state index in [9.17, 15) is 4.39 Å². The summed E-state index contributed by atoms with van der Waals surface area (Å²) in [6.45, 7) is 5.16. The summed E-state index contributed by atoms with van der Waals surface area (Å²) in [6.07, 6.45) is 6.47. The van der Waals surface area contributed by atoms with Crippen LogP contribution >= 0.6 is 0 Å². The molecular formula is C21H28FN5. The van der Waals surface area contributed by atoms with E-state index < -0.39 is 0 Å². The highest BCUT2D eigenvalue weighted by Gasteiger charge is 2.34. The van der Waals surface area contributed by atoms with E-state index in [1.165, 1.54) is 24.0 Å². The third kappa shape index (κ3) is 4.45. The van der Waals surface area contributed by atoms with Gasteiger partial charge in [0.05, 0.1) is 0 Å². The largest absolute Gasteiger partial charge is 0.347 e. The molecule has 1 aromatic carbocycles. The van der Waals surface area contributed by atoms with Crippen LogP contribution in [0.25, 0.3) is 0 Å². The molecule has 0 radical (unpaired) electrons. The molecule has 144 valence electrons. The predicted octanol–water partition coefficient (Wildman–Crippen LogP) is 2.78. The summed E-state index contributed by atoms with van der Waals surface area (Å²) >= 11 is 0. The van der Waals surface area contributed by atoms with Gasteiger partial charge in [-0.05, 0) is 36.5 Å². The standard InChI is InChI=1S/C21H28FN5/c1-25(2)21-23-9-18(10-24-21)14-27-13-17-5-8-20(27)15-26(12-17)11-16-3-6-19(22)7-4-16/h3-4,6-7,9-10,17,20H,5,8,11-15H2,1-2H3. The first-order chi connectivity index (χ1) is 13.1. The molecule has 0 N–H and O–H groups in total. The van der Waals surface area contributed by atoms with E-state index >= 15 is 0 Å². The van der Waals surface area contributed by atoms with Gasteiger partial charge in [-0.25, -0.2) is 14.4 Å². The maximum atomic E-state index is 13.2. The fourth-order valence-corrected chi connectivity index (χ4v) is 4.34. The van der Waals surface area contributed by atoms with Gasteiger partial charge in [-0.1, -0.05) is 12.1 Å². The molecule has 2 unspecified atom stereocenters. The highest BCUT2D eigenvalue weighted by atomic mass is 19.1. The number of fused-ring (bicyclic) bond motifs is 4. The van der Waals surface area contributed by atoms with Gasteiger partial charge in [0, 0.05) is 70.8 Å². The lowest BCUT2D eigenvalue weighted by Gasteiger charge is -2.36. The number of aromatic nitrogens is 2. The van der Waals surface area contributed by atoms with Crippen LogP contribution in [0.5, 0.6) is 0 Å². The second-order valence-corrected chi connectivity index (χ2v) is 8.13. The molecule has 0 aliphatic carbocycles. The van der Waals surface area contributed by atoms with Gasteiger partial charge in [0.15, 0.2) is 0 Å². The Morgan fingerprint density at radius 1 is 0.963 bits per heavy atom.